The summed E-state index contributed by atoms with van der Waals surface area (Å²) in [7, 11) is 0. The molecule has 25 heavy (non-hydrogen) atoms. The van der Waals surface area contributed by atoms with Crippen LogP contribution in [0.2, 0.25) is 0 Å². The largest absolute Gasteiger partial charge is 0.476 e. The number of anilines is 2. The molecular weight excluding hydrogens is 316 g/mol. The molecule has 0 saturated carbocycles. The Kier molecular flexibility index (Phi) is 5.38. The lowest BCUT2D eigenvalue weighted by molar-refractivity contribution is 0.315. The lowest BCUT2D eigenvalue weighted by Gasteiger charge is -2.08. The summed E-state index contributed by atoms with van der Waals surface area (Å²) in [5.74, 6) is 2.27. The van der Waals surface area contributed by atoms with E-state index in [4.69, 9.17) is 10.5 Å². The monoisotopic (exact) mass is 336 g/mol. The van der Waals surface area contributed by atoms with Gasteiger partial charge < -0.3 is 15.8 Å². The number of aryl methyl sites for hydroxylation is 1. The summed E-state index contributed by atoms with van der Waals surface area (Å²) in [6, 6.07) is 13.6. The predicted octanol–water partition coefficient (Wildman–Crippen LogP) is 2.76. The highest BCUT2D eigenvalue weighted by Gasteiger charge is 2.06. The smallest absolute Gasteiger partial charge is 0.219 e. The summed E-state index contributed by atoms with van der Waals surface area (Å²) in [5, 5.41) is 10.2. The SMILES string of the molecule is Cc1cc(Nc2cc(OCCN)nc(C=Cc3ccccc3)n2)n[nH]1. The number of aromatic amines is 1. The third-order valence-corrected chi connectivity index (χ3v) is 3.27. The minimum absolute atomic E-state index is 0.389. The number of hydrogen-bond donors (Lipinski definition) is 3. The van der Waals surface area contributed by atoms with Crippen molar-refractivity contribution in [3.8, 4) is 5.88 Å². The Balaban J connectivity index is 1.85. The molecule has 128 valence electrons. The molecule has 0 spiro atoms. The summed E-state index contributed by atoms with van der Waals surface area (Å²) in [5.41, 5.74) is 7.53. The van der Waals surface area contributed by atoms with Crippen molar-refractivity contribution in [3.63, 3.8) is 0 Å². The van der Waals surface area contributed by atoms with E-state index in [0.29, 0.717) is 36.5 Å². The van der Waals surface area contributed by atoms with E-state index in [-0.39, 0.29) is 0 Å². The Morgan fingerprint density at radius 1 is 1.12 bits per heavy atom. The zero-order chi connectivity index (χ0) is 17.5. The topological polar surface area (TPSA) is 102 Å². The first-order valence-electron chi connectivity index (χ1n) is 7.97. The number of rotatable bonds is 7. The van der Waals surface area contributed by atoms with Gasteiger partial charge in [0.1, 0.15) is 12.4 Å². The van der Waals surface area contributed by atoms with Gasteiger partial charge in [0.25, 0.3) is 0 Å². The number of benzene rings is 1. The van der Waals surface area contributed by atoms with Crippen LogP contribution in [-0.4, -0.2) is 33.3 Å². The quantitative estimate of drug-likeness (QED) is 0.613. The molecule has 3 rings (SSSR count). The zero-order valence-corrected chi connectivity index (χ0v) is 13.9. The van der Waals surface area contributed by atoms with Crippen LogP contribution in [0.15, 0.2) is 42.5 Å². The molecule has 7 nitrogen and oxygen atoms in total. The zero-order valence-electron chi connectivity index (χ0n) is 13.9. The van der Waals surface area contributed by atoms with Gasteiger partial charge in [-0.15, -0.1) is 0 Å². The predicted molar refractivity (Wildman–Crippen MR) is 98.6 cm³/mol. The molecule has 0 unspecified atom stereocenters. The first-order valence-corrected chi connectivity index (χ1v) is 7.97. The van der Waals surface area contributed by atoms with E-state index in [0.717, 1.165) is 11.3 Å². The van der Waals surface area contributed by atoms with E-state index >= 15 is 0 Å². The van der Waals surface area contributed by atoms with E-state index < -0.39 is 0 Å². The average molecular weight is 336 g/mol. The maximum atomic E-state index is 5.55. The number of aromatic nitrogens is 4. The van der Waals surface area contributed by atoms with Gasteiger partial charge in [-0.25, -0.2) is 4.98 Å². The molecule has 0 aliphatic heterocycles. The summed E-state index contributed by atoms with van der Waals surface area (Å²) >= 11 is 0. The number of H-pyrrole nitrogens is 1. The number of ether oxygens (including phenoxy) is 1. The van der Waals surface area contributed by atoms with Crippen molar-refractivity contribution in [1.29, 1.82) is 0 Å². The Morgan fingerprint density at radius 3 is 2.68 bits per heavy atom. The highest BCUT2D eigenvalue weighted by atomic mass is 16.5. The van der Waals surface area contributed by atoms with E-state index in [9.17, 15) is 0 Å². The van der Waals surface area contributed by atoms with Crippen molar-refractivity contribution in [2.45, 2.75) is 6.92 Å². The van der Waals surface area contributed by atoms with Crippen LogP contribution in [0.25, 0.3) is 12.2 Å². The molecule has 0 radical (unpaired) electrons. The van der Waals surface area contributed by atoms with Gasteiger partial charge >= 0.3 is 0 Å². The van der Waals surface area contributed by atoms with Crippen molar-refractivity contribution in [2.24, 2.45) is 5.73 Å². The maximum absolute atomic E-state index is 5.55. The number of nitrogens with one attached hydrogen (secondary N) is 2. The molecule has 0 fully saturated rings. The molecule has 0 atom stereocenters. The van der Waals surface area contributed by atoms with Crippen molar-refractivity contribution in [2.75, 3.05) is 18.5 Å². The molecule has 0 saturated heterocycles. The Labute approximate surface area is 146 Å². The second kappa shape index (κ2) is 8.07. The van der Waals surface area contributed by atoms with Crippen LogP contribution in [0.1, 0.15) is 17.1 Å². The molecule has 0 bridgehead atoms. The fourth-order valence-electron chi connectivity index (χ4n) is 2.17. The van der Waals surface area contributed by atoms with Crippen LogP contribution in [0.4, 0.5) is 11.6 Å². The van der Waals surface area contributed by atoms with Crippen LogP contribution in [0.3, 0.4) is 0 Å². The van der Waals surface area contributed by atoms with Gasteiger partial charge in [-0.05, 0) is 18.6 Å². The lowest BCUT2D eigenvalue weighted by atomic mass is 10.2. The van der Waals surface area contributed by atoms with E-state index in [1.165, 1.54) is 0 Å². The van der Waals surface area contributed by atoms with Gasteiger partial charge in [-0.3, -0.25) is 5.10 Å². The minimum Gasteiger partial charge on any atom is -0.476 e. The molecule has 0 aliphatic rings. The van der Waals surface area contributed by atoms with E-state index in [1.54, 1.807) is 6.07 Å². The van der Waals surface area contributed by atoms with Gasteiger partial charge in [0, 0.05) is 24.4 Å². The number of nitrogens with zero attached hydrogens (tertiary/aromatic N) is 3. The fourth-order valence-corrected chi connectivity index (χ4v) is 2.17. The standard InChI is InChI=1S/C18H20N6O/c1-13-11-17(24-23-13)21-16-12-18(25-10-9-19)22-15(20-16)8-7-14-5-3-2-4-6-14/h2-8,11-12H,9-10,19H2,1H3,(H2,20,21,22,23,24). The lowest BCUT2D eigenvalue weighted by Crippen LogP contribution is -2.12. The molecule has 0 amide bonds. The number of hydrogen-bond acceptors (Lipinski definition) is 6. The van der Waals surface area contributed by atoms with Crippen LogP contribution in [0, 0.1) is 6.92 Å². The third-order valence-electron chi connectivity index (χ3n) is 3.27. The molecule has 4 N–H and O–H groups in total. The Morgan fingerprint density at radius 2 is 1.96 bits per heavy atom. The van der Waals surface area contributed by atoms with Crippen LogP contribution in [-0.2, 0) is 0 Å². The van der Waals surface area contributed by atoms with Gasteiger partial charge in [0.2, 0.25) is 5.88 Å². The molecular formula is C18H20N6O. The minimum atomic E-state index is 0.389. The highest BCUT2D eigenvalue weighted by molar-refractivity contribution is 5.67. The maximum Gasteiger partial charge on any atom is 0.219 e. The van der Waals surface area contributed by atoms with Gasteiger partial charge in [0.15, 0.2) is 11.6 Å². The molecule has 0 aliphatic carbocycles. The Hall–Kier alpha value is -3.19. The normalized spacial score (nSPS) is 11.0. The molecule has 2 aromatic heterocycles. The van der Waals surface area contributed by atoms with Crippen molar-refractivity contribution >= 4 is 23.8 Å². The highest BCUT2D eigenvalue weighted by Crippen LogP contribution is 2.19. The fraction of sp³-hybridized carbons (Fsp3) is 0.167. The third kappa shape index (κ3) is 4.89. The second-order valence-corrected chi connectivity index (χ2v) is 5.39. The summed E-state index contributed by atoms with van der Waals surface area (Å²) in [4.78, 5) is 8.88. The molecule has 7 heteroatoms. The molecule has 1 aromatic carbocycles. The summed E-state index contributed by atoms with van der Waals surface area (Å²) < 4.78 is 5.55. The van der Waals surface area contributed by atoms with E-state index in [1.807, 2.05) is 55.5 Å². The average Bonchev–Trinajstić information content (AvgIpc) is 3.04. The van der Waals surface area contributed by atoms with Crippen molar-refractivity contribution < 1.29 is 4.74 Å². The number of nitrogens with two attached hydrogens (primary N) is 1. The molecule has 2 heterocycles. The first-order chi connectivity index (χ1) is 12.2. The summed E-state index contributed by atoms with van der Waals surface area (Å²) in [6.45, 7) is 2.74. The van der Waals surface area contributed by atoms with Crippen LogP contribution in [0.5, 0.6) is 5.88 Å². The van der Waals surface area contributed by atoms with Gasteiger partial charge in [0.05, 0.1) is 0 Å². The van der Waals surface area contributed by atoms with E-state index in [2.05, 4.69) is 25.5 Å². The van der Waals surface area contributed by atoms with Crippen LogP contribution >= 0.6 is 0 Å². The second-order valence-electron chi connectivity index (χ2n) is 5.39. The van der Waals surface area contributed by atoms with Crippen molar-refractivity contribution in [3.05, 3.63) is 59.5 Å². The van der Waals surface area contributed by atoms with Crippen molar-refractivity contribution in [1.82, 2.24) is 20.2 Å². The van der Waals surface area contributed by atoms with Crippen LogP contribution < -0.4 is 15.8 Å². The van der Waals surface area contributed by atoms with Gasteiger partial charge in [-0.2, -0.15) is 10.1 Å². The Bertz CT molecular complexity index is 844. The van der Waals surface area contributed by atoms with Gasteiger partial charge in [-0.1, -0.05) is 36.4 Å². The first kappa shape index (κ1) is 16.7. The molecule has 3 aromatic rings. The summed E-state index contributed by atoms with van der Waals surface area (Å²) in [6.07, 6.45) is 3.79.